The highest BCUT2D eigenvalue weighted by Gasteiger charge is 2.14. The summed E-state index contributed by atoms with van der Waals surface area (Å²) in [6.07, 6.45) is 1.31. The molecule has 0 heterocycles. The molecule has 128 valence electrons. The molecular formula is C20H25NO3. The van der Waals surface area contributed by atoms with Crippen LogP contribution in [0.25, 0.3) is 0 Å². The first-order valence-electron chi connectivity index (χ1n) is 8.22. The van der Waals surface area contributed by atoms with Gasteiger partial charge in [0.15, 0.2) is 6.10 Å². The number of hydrogen-bond donors (Lipinski definition) is 1. The van der Waals surface area contributed by atoms with Gasteiger partial charge in [0.05, 0.1) is 7.11 Å². The summed E-state index contributed by atoms with van der Waals surface area (Å²) in [5.41, 5.74) is 2.55. The molecule has 0 saturated heterocycles. The number of carbonyl (C=O) groups excluding carboxylic acids is 1. The molecule has 0 aromatic heterocycles. The topological polar surface area (TPSA) is 47.6 Å². The average Bonchev–Trinajstić information content (AvgIpc) is 2.60. The minimum absolute atomic E-state index is 0.110. The van der Waals surface area contributed by atoms with Crippen LogP contribution in [0.5, 0.6) is 11.5 Å². The van der Waals surface area contributed by atoms with E-state index >= 15 is 0 Å². The van der Waals surface area contributed by atoms with Crippen molar-refractivity contribution in [3.63, 3.8) is 0 Å². The lowest BCUT2D eigenvalue weighted by molar-refractivity contribution is -0.127. The van der Waals surface area contributed by atoms with Crippen LogP contribution in [-0.2, 0) is 11.2 Å². The molecule has 0 aliphatic carbocycles. The van der Waals surface area contributed by atoms with Crippen LogP contribution >= 0.6 is 0 Å². The third kappa shape index (κ3) is 5.61. The highest BCUT2D eigenvalue weighted by Crippen LogP contribution is 2.19. The van der Waals surface area contributed by atoms with E-state index in [2.05, 4.69) is 36.5 Å². The lowest BCUT2D eigenvalue weighted by Crippen LogP contribution is -2.36. The highest BCUT2D eigenvalue weighted by atomic mass is 16.5. The maximum absolute atomic E-state index is 12.1. The van der Waals surface area contributed by atoms with Gasteiger partial charge in [-0.2, -0.15) is 0 Å². The Hall–Kier alpha value is -2.49. The largest absolute Gasteiger partial charge is 0.497 e. The number of aryl methyl sites for hydroxylation is 2. The number of benzene rings is 2. The Morgan fingerprint density at radius 2 is 1.83 bits per heavy atom. The first-order valence-corrected chi connectivity index (χ1v) is 8.22. The van der Waals surface area contributed by atoms with Crippen LogP contribution in [-0.4, -0.2) is 25.7 Å². The summed E-state index contributed by atoms with van der Waals surface area (Å²) in [4.78, 5) is 12.1. The van der Waals surface area contributed by atoms with Crippen molar-refractivity contribution < 1.29 is 14.3 Å². The van der Waals surface area contributed by atoms with Gasteiger partial charge in [0.25, 0.3) is 5.91 Å². The number of ether oxygens (including phenoxy) is 2. The van der Waals surface area contributed by atoms with E-state index in [9.17, 15) is 4.79 Å². The molecule has 0 bridgehead atoms. The fourth-order valence-corrected chi connectivity index (χ4v) is 2.33. The summed E-state index contributed by atoms with van der Waals surface area (Å²) in [6.45, 7) is 4.46. The van der Waals surface area contributed by atoms with Crippen molar-refractivity contribution in [1.29, 1.82) is 0 Å². The molecule has 0 spiro atoms. The van der Waals surface area contributed by atoms with Gasteiger partial charge in [-0.1, -0.05) is 35.9 Å². The number of amides is 1. The molecule has 1 N–H and O–H groups in total. The third-order valence-electron chi connectivity index (χ3n) is 3.79. The predicted octanol–water partition coefficient (Wildman–Crippen LogP) is 3.52. The van der Waals surface area contributed by atoms with Gasteiger partial charge in [0.1, 0.15) is 11.5 Å². The maximum atomic E-state index is 12.1. The van der Waals surface area contributed by atoms with Gasteiger partial charge in [-0.15, -0.1) is 0 Å². The first kappa shape index (κ1) is 17.9. The molecule has 0 radical (unpaired) electrons. The predicted molar refractivity (Wildman–Crippen MR) is 95.6 cm³/mol. The summed E-state index contributed by atoms with van der Waals surface area (Å²) in [6, 6.07) is 15.7. The molecule has 0 aliphatic rings. The second kappa shape index (κ2) is 8.96. The summed E-state index contributed by atoms with van der Waals surface area (Å²) in [5, 5.41) is 2.92. The van der Waals surface area contributed by atoms with E-state index in [0.717, 1.165) is 12.8 Å². The number of carbonyl (C=O) groups is 1. The van der Waals surface area contributed by atoms with Gasteiger partial charge in [-0.05, 0) is 44.4 Å². The molecular weight excluding hydrogens is 302 g/mol. The van der Waals surface area contributed by atoms with Gasteiger partial charge in [-0.3, -0.25) is 4.79 Å². The van der Waals surface area contributed by atoms with Crippen LogP contribution in [0, 0.1) is 6.92 Å². The Balaban J connectivity index is 1.72. The van der Waals surface area contributed by atoms with Crippen molar-refractivity contribution >= 4 is 5.91 Å². The van der Waals surface area contributed by atoms with Gasteiger partial charge in [-0.25, -0.2) is 0 Å². The number of rotatable bonds is 8. The summed E-state index contributed by atoms with van der Waals surface area (Å²) in [7, 11) is 1.60. The zero-order valence-corrected chi connectivity index (χ0v) is 14.5. The molecule has 24 heavy (non-hydrogen) atoms. The van der Waals surface area contributed by atoms with Crippen molar-refractivity contribution in [2.24, 2.45) is 0 Å². The Labute approximate surface area is 143 Å². The Morgan fingerprint density at radius 3 is 2.54 bits per heavy atom. The molecule has 2 aromatic rings. The molecule has 1 amide bonds. The molecule has 4 nitrogen and oxygen atoms in total. The van der Waals surface area contributed by atoms with E-state index in [-0.39, 0.29) is 5.91 Å². The van der Waals surface area contributed by atoms with Crippen LogP contribution in [0.2, 0.25) is 0 Å². The number of hydrogen-bond acceptors (Lipinski definition) is 3. The van der Waals surface area contributed by atoms with E-state index in [4.69, 9.17) is 9.47 Å². The third-order valence-corrected chi connectivity index (χ3v) is 3.79. The molecule has 2 aromatic carbocycles. The number of nitrogens with one attached hydrogen (secondary N) is 1. The minimum Gasteiger partial charge on any atom is -0.497 e. The van der Waals surface area contributed by atoms with Gasteiger partial charge >= 0.3 is 0 Å². The first-order chi connectivity index (χ1) is 11.6. The van der Waals surface area contributed by atoms with E-state index in [1.807, 2.05) is 18.2 Å². The molecule has 0 aliphatic heterocycles. The normalized spacial score (nSPS) is 11.6. The van der Waals surface area contributed by atoms with E-state index in [0.29, 0.717) is 18.0 Å². The van der Waals surface area contributed by atoms with Crippen molar-refractivity contribution in [2.75, 3.05) is 13.7 Å². The van der Waals surface area contributed by atoms with Crippen LogP contribution < -0.4 is 14.8 Å². The molecule has 0 saturated carbocycles. The summed E-state index contributed by atoms with van der Waals surface area (Å²) >= 11 is 0. The van der Waals surface area contributed by atoms with E-state index < -0.39 is 6.10 Å². The van der Waals surface area contributed by atoms with Crippen LogP contribution in [0.4, 0.5) is 0 Å². The van der Waals surface area contributed by atoms with Crippen molar-refractivity contribution in [3.05, 3.63) is 59.7 Å². The monoisotopic (exact) mass is 327 g/mol. The maximum Gasteiger partial charge on any atom is 0.260 e. The minimum atomic E-state index is -0.545. The Kier molecular flexibility index (Phi) is 6.67. The fourth-order valence-electron chi connectivity index (χ4n) is 2.33. The second-order valence-corrected chi connectivity index (χ2v) is 5.82. The van der Waals surface area contributed by atoms with Crippen LogP contribution in [0.15, 0.2) is 48.5 Å². The quantitative estimate of drug-likeness (QED) is 0.755. The van der Waals surface area contributed by atoms with Crippen molar-refractivity contribution in [3.8, 4) is 11.5 Å². The molecule has 4 heteroatoms. The summed E-state index contributed by atoms with van der Waals surface area (Å²) < 4.78 is 10.8. The highest BCUT2D eigenvalue weighted by molar-refractivity contribution is 5.80. The molecule has 1 atom stereocenters. The van der Waals surface area contributed by atoms with Gasteiger partial charge in [0.2, 0.25) is 0 Å². The lowest BCUT2D eigenvalue weighted by atomic mass is 10.1. The smallest absolute Gasteiger partial charge is 0.260 e. The summed E-state index contributed by atoms with van der Waals surface area (Å²) in [5.74, 6) is 1.22. The zero-order valence-electron chi connectivity index (χ0n) is 14.5. The van der Waals surface area contributed by atoms with Crippen molar-refractivity contribution in [1.82, 2.24) is 5.32 Å². The van der Waals surface area contributed by atoms with Gasteiger partial charge in [0, 0.05) is 12.6 Å². The second-order valence-electron chi connectivity index (χ2n) is 5.82. The van der Waals surface area contributed by atoms with Gasteiger partial charge < -0.3 is 14.8 Å². The molecule has 0 fully saturated rings. The fraction of sp³-hybridized carbons (Fsp3) is 0.350. The number of methoxy groups -OCH3 is 1. The van der Waals surface area contributed by atoms with Crippen molar-refractivity contribution in [2.45, 2.75) is 32.8 Å². The van der Waals surface area contributed by atoms with Crippen LogP contribution in [0.1, 0.15) is 24.5 Å². The van der Waals surface area contributed by atoms with Crippen LogP contribution in [0.3, 0.4) is 0 Å². The van der Waals surface area contributed by atoms with E-state index in [1.165, 1.54) is 11.1 Å². The standard InChI is InChI=1S/C20H25NO3/c1-15-9-11-17(12-10-15)6-5-13-21-20(22)16(2)24-19-8-4-7-18(14-19)23-3/h4,7-12,14,16H,5-6,13H2,1-3H3,(H,21,22)/t16-/m0/s1. The Bertz CT molecular complexity index is 652. The lowest BCUT2D eigenvalue weighted by Gasteiger charge is -2.15. The van der Waals surface area contributed by atoms with E-state index in [1.54, 1.807) is 20.1 Å². The molecule has 2 rings (SSSR count). The average molecular weight is 327 g/mol. The Morgan fingerprint density at radius 1 is 1.12 bits per heavy atom. The SMILES string of the molecule is COc1cccc(O[C@@H](C)C(=O)NCCCc2ccc(C)cc2)c1. The zero-order chi connectivity index (χ0) is 17.4. The molecule has 0 unspecified atom stereocenters.